The van der Waals surface area contributed by atoms with Crippen molar-refractivity contribution in [2.45, 2.75) is 19.9 Å². The maximum absolute atomic E-state index is 13.0. The van der Waals surface area contributed by atoms with Crippen LogP contribution >= 0.6 is 0 Å². The van der Waals surface area contributed by atoms with Gasteiger partial charge in [0.05, 0.1) is 11.1 Å². The Morgan fingerprint density at radius 1 is 1.06 bits per heavy atom. The van der Waals surface area contributed by atoms with Crippen molar-refractivity contribution in [3.63, 3.8) is 0 Å². The molecule has 0 spiro atoms. The monoisotopic (exact) mass is 467 g/mol. The van der Waals surface area contributed by atoms with Gasteiger partial charge >= 0.3 is 0 Å². The Balaban J connectivity index is 1.46. The molecule has 5 aromatic rings. The van der Waals surface area contributed by atoms with Crippen LogP contribution in [0.3, 0.4) is 0 Å². The Labute approximate surface area is 199 Å². The lowest BCUT2D eigenvalue weighted by Gasteiger charge is -2.12. The third kappa shape index (κ3) is 4.49. The zero-order valence-electron chi connectivity index (χ0n) is 19.0. The lowest BCUT2D eigenvalue weighted by molar-refractivity contribution is 0.0997. The van der Waals surface area contributed by atoms with Crippen molar-refractivity contribution in [3.8, 4) is 11.5 Å². The van der Waals surface area contributed by atoms with Gasteiger partial charge in [-0.25, -0.2) is 4.98 Å². The van der Waals surface area contributed by atoms with Crippen molar-refractivity contribution in [1.82, 2.24) is 24.7 Å². The molecule has 1 aromatic carbocycles. The van der Waals surface area contributed by atoms with E-state index in [0.29, 0.717) is 34.1 Å². The van der Waals surface area contributed by atoms with Crippen LogP contribution in [-0.4, -0.2) is 30.6 Å². The molecule has 0 fully saturated rings. The summed E-state index contributed by atoms with van der Waals surface area (Å²) in [6.45, 7) is 4.08. The summed E-state index contributed by atoms with van der Waals surface area (Å²) in [5.41, 5.74) is 1.61. The molecule has 0 atom stereocenters. The highest BCUT2D eigenvalue weighted by molar-refractivity contribution is 6.03. The highest BCUT2D eigenvalue weighted by atomic mass is 16.3. The van der Waals surface area contributed by atoms with E-state index >= 15 is 0 Å². The Bertz CT molecular complexity index is 1580. The molecule has 10 nitrogen and oxygen atoms in total. The van der Waals surface area contributed by atoms with E-state index in [1.165, 1.54) is 6.07 Å². The number of benzene rings is 1. The minimum absolute atomic E-state index is 0.0930. The molecule has 0 aliphatic rings. The Morgan fingerprint density at radius 2 is 1.86 bits per heavy atom. The van der Waals surface area contributed by atoms with E-state index in [9.17, 15) is 9.59 Å². The van der Waals surface area contributed by atoms with Crippen molar-refractivity contribution in [2.24, 2.45) is 0 Å². The lowest BCUT2D eigenvalue weighted by atomic mass is 10.1. The van der Waals surface area contributed by atoms with E-state index in [-0.39, 0.29) is 22.8 Å². The van der Waals surface area contributed by atoms with Crippen LogP contribution in [0.5, 0.6) is 0 Å². The fourth-order valence-electron chi connectivity index (χ4n) is 3.62. The van der Waals surface area contributed by atoms with Gasteiger partial charge in [-0.3, -0.25) is 14.6 Å². The quantitative estimate of drug-likeness (QED) is 0.376. The molecule has 4 aromatic heterocycles. The highest BCUT2D eigenvalue weighted by Gasteiger charge is 2.16. The van der Waals surface area contributed by atoms with E-state index in [1.807, 2.05) is 30.5 Å². The number of amides is 1. The SMILES string of the molecule is CC(C)n1cnnc1-c1cccc(Nc2cccc3oc(C(=O)Nc4ccncc4)cc(=O)c23)n1. The van der Waals surface area contributed by atoms with Crippen LogP contribution in [0, 0.1) is 0 Å². The van der Waals surface area contributed by atoms with Crippen LogP contribution < -0.4 is 16.1 Å². The van der Waals surface area contributed by atoms with Crippen molar-refractivity contribution < 1.29 is 9.21 Å². The van der Waals surface area contributed by atoms with Gasteiger partial charge in [0.2, 0.25) is 0 Å². The van der Waals surface area contributed by atoms with E-state index in [4.69, 9.17) is 4.42 Å². The van der Waals surface area contributed by atoms with Crippen LogP contribution in [0.4, 0.5) is 17.2 Å². The summed E-state index contributed by atoms with van der Waals surface area (Å²) in [4.78, 5) is 34.2. The molecular formula is C25H21N7O3. The van der Waals surface area contributed by atoms with E-state index < -0.39 is 5.91 Å². The maximum atomic E-state index is 13.0. The minimum Gasteiger partial charge on any atom is -0.451 e. The summed E-state index contributed by atoms with van der Waals surface area (Å²) in [6, 6.07) is 15.2. The van der Waals surface area contributed by atoms with Crippen molar-refractivity contribution in [3.05, 3.63) is 89.3 Å². The normalized spacial score (nSPS) is 11.1. The zero-order valence-corrected chi connectivity index (χ0v) is 19.0. The van der Waals surface area contributed by atoms with Gasteiger partial charge in [-0.1, -0.05) is 12.1 Å². The number of nitrogens with one attached hydrogen (secondary N) is 2. The predicted octanol–water partition coefficient (Wildman–Crippen LogP) is 4.42. The Morgan fingerprint density at radius 3 is 2.66 bits per heavy atom. The molecule has 0 saturated heterocycles. The number of anilines is 3. The molecule has 0 bridgehead atoms. The highest BCUT2D eigenvalue weighted by Crippen LogP contribution is 2.26. The van der Waals surface area contributed by atoms with Gasteiger partial charge in [0.1, 0.15) is 23.4 Å². The second kappa shape index (κ2) is 9.18. The van der Waals surface area contributed by atoms with Gasteiger partial charge in [-0.05, 0) is 50.2 Å². The van der Waals surface area contributed by atoms with Crippen LogP contribution in [0.25, 0.3) is 22.5 Å². The maximum Gasteiger partial charge on any atom is 0.291 e. The summed E-state index contributed by atoms with van der Waals surface area (Å²) < 4.78 is 7.70. The van der Waals surface area contributed by atoms with Crippen LogP contribution in [0.1, 0.15) is 30.4 Å². The number of rotatable bonds is 6. The average molecular weight is 467 g/mol. The van der Waals surface area contributed by atoms with Gasteiger partial charge < -0.3 is 19.6 Å². The molecule has 1 amide bonds. The number of aromatic nitrogens is 5. The number of pyridine rings is 2. The molecule has 0 saturated carbocycles. The topological polar surface area (TPSA) is 128 Å². The van der Waals surface area contributed by atoms with Gasteiger partial charge in [0, 0.05) is 30.2 Å². The summed E-state index contributed by atoms with van der Waals surface area (Å²) in [7, 11) is 0. The Hall–Kier alpha value is -4.86. The number of carbonyl (C=O) groups is 1. The third-order valence-corrected chi connectivity index (χ3v) is 5.29. The first-order valence-electron chi connectivity index (χ1n) is 10.9. The number of hydrogen-bond acceptors (Lipinski definition) is 8. The first kappa shape index (κ1) is 22.0. The number of fused-ring (bicyclic) bond motifs is 1. The van der Waals surface area contributed by atoms with Gasteiger partial charge in [0.15, 0.2) is 17.0 Å². The molecule has 0 aliphatic heterocycles. The molecule has 2 N–H and O–H groups in total. The standard InChI is InChI=1S/C25H21N7O3/c1-15(2)32-14-27-31-24(32)18-6-4-8-22(30-18)29-17-5-3-7-20-23(17)19(33)13-21(35-20)25(34)28-16-9-11-26-12-10-16/h3-15H,1-2H3,(H,29,30)(H,26,28,34). The van der Waals surface area contributed by atoms with E-state index in [0.717, 1.165) is 0 Å². The fourth-order valence-corrected chi connectivity index (χ4v) is 3.62. The molecule has 174 valence electrons. The predicted molar refractivity (Wildman–Crippen MR) is 132 cm³/mol. The second-order valence-corrected chi connectivity index (χ2v) is 8.03. The van der Waals surface area contributed by atoms with Gasteiger partial charge in [-0.15, -0.1) is 10.2 Å². The fraction of sp³-hybridized carbons (Fsp3) is 0.120. The third-order valence-electron chi connectivity index (χ3n) is 5.29. The summed E-state index contributed by atoms with van der Waals surface area (Å²) in [5, 5.41) is 14.4. The molecule has 5 rings (SSSR count). The van der Waals surface area contributed by atoms with E-state index in [1.54, 1.807) is 55.1 Å². The first-order valence-corrected chi connectivity index (χ1v) is 10.9. The van der Waals surface area contributed by atoms with Crippen molar-refractivity contribution >= 4 is 34.1 Å². The number of nitrogens with zero attached hydrogens (tertiary/aromatic N) is 5. The van der Waals surface area contributed by atoms with Crippen LogP contribution in [0.2, 0.25) is 0 Å². The molecule has 0 unspecified atom stereocenters. The molecule has 0 radical (unpaired) electrons. The van der Waals surface area contributed by atoms with Crippen LogP contribution in [0.15, 0.2) is 82.5 Å². The second-order valence-electron chi connectivity index (χ2n) is 8.03. The smallest absolute Gasteiger partial charge is 0.291 e. The molecule has 4 heterocycles. The van der Waals surface area contributed by atoms with E-state index in [2.05, 4.69) is 30.8 Å². The minimum atomic E-state index is -0.530. The summed E-state index contributed by atoms with van der Waals surface area (Å²) in [5.74, 6) is 0.542. The largest absolute Gasteiger partial charge is 0.451 e. The molecule has 35 heavy (non-hydrogen) atoms. The van der Waals surface area contributed by atoms with Crippen molar-refractivity contribution in [1.29, 1.82) is 0 Å². The number of carbonyl (C=O) groups excluding carboxylic acids is 1. The zero-order chi connectivity index (χ0) is 24.4. The van der Waals surface area contributed by atoms with Gasteiger partial charge in [0.25, 0.3) is 5.91 Å². The van der Waals surface area contributed by atoms with Gasteiger partial charge in [-0.2, -0.15) is 0 Å². The molecular weight excluding hydrogens is 446 g/mol. The lowest BCUT2D eigenvalue weighted by Crippen LogP contribution is -2.15. The van der Waals surface area contributed by atoms with Crippen molar-refractivity contribution in [2.75, 3.05) is 10.6 Å². The molecule has 10 heteroatoms. The molecule has 0 aliphatic carbocycles. The number of hydrogen-bond donors (Lipinski definition) is 2. The first-order chi connectivity index (χ1) is 17.0. The average Bonchev–Trinajstić information content (AvgIpc) is 3.35. The summed E-state index contributed by atoms with van der Waals surface area (Å²) >= 11 is 0. The Kier molecular flexibility index (Phi) is 5.76. The summed E-state index contributed by atoms with van der Waals surface area (Å²) in [6.07, 6.45) is 4.78. The van der Waals surface area contributed by atoms with Crippen LogP contribution in [-0.2, 0) is 0 Å².